The van der Waals surface area contributed by atoms with Crippen molar-refractivity contribution in [3.8, 4) is 0 Å². The number of hydrogen-bond donors (Lipinski definition) is 1. The number of alkyl halides is 5. The van der Waals surface area contributed by atoms with Crippen LogP contribution in [0.5, 0.6) is 0 Å². The Morgan fingerprint density at radius 1 is 1.03 bits per heavy atom. The number of nitrogens with zero attached hydrogens (tertiary/aromatic N) is 3. The molecule has 2 aliphatic heterocycles. The fraction of sp³-hybridized carbons (Fsp3) is 0.400. The fourth-order valence-corrected chi connectivity index (χ4v) is 3.62. The lowest BCUT2D eigenvalue weighted by Gasteiger charge is -2.29. The molecule has 0 amide bonds. The molecule has 2 aliphatic rings. The summed E-state index contributed by atoms with van der Waals surface area (Å²) in [6.07, 6.45) is -4.21. The van der Waals surface area contributed by atoms with Crippen LogP contribution >= 0.6 is 0 Å². The summed E-state index contributed by atoms with van der Waals surface area (Å²) in [6.45, 7) is 0.364. The second-order valence-electron chi connectivity index (χ2n) is 7.21. The van der Waals surface area contributed by atoms with Gasteiger partial charge in [0.15, 0.2) is 6.17 Å². The lowest BCUT2D eigenvalue weighted by Crippen LogP contribution is -2.29. The quantitative estimate of drug-likeness (QED) is 0.686. The van der Waals surface area contributed by atoms with Crippen molar-refractivity contribution in [1.82, 2.24) is 4.98 Å². The number of pyridine rings is 1. The van der Waals surface area contributed by atoms with E-state index in [1.54, 1.807) is 23.2 Å². The molecule has 1 fully saturated rings. The van der Waals surface area contributed by atoms with Gasteiger partial charge >= 0.3 is 6.18 Å². The first kappa shape index (κ1) is 19.6. The molecule has 1 aromatic carbocycles. The lowest BCUT2D eigenvalue weighted by atomic mass is 10.1. The zero-order chi connectivity index (χ0) is 20.6. The van der Waals surface area contributed by atoms with Crippen LogP contribution < -0.4 is 10.2 Å². The number of fused-ring (bicyclic) bond motifs is 1. The van der Waals surface area contributed by atoms with Gasteiger partial charge in [-0.15, -0.1) is 0 Å². The highest BCUT2D eigenvalue weighted by Gasteiger charge is 2.36. The van der Waals surface area contributed by atoms with Crippen LogP contribution in [0.25, 0.3) is 0 Å². The Bertz CT molecular complexity index is 925. The molecule has 4 nitrogen and oxygen atoms in total. The van der Waals surface area contributed by atoms with Gasteiger partial charge in [-0.05, 0) is 24.6 Å². The fourth-order valence-electron chi connectivity index (χ4n) is 3.62. The number of anilines is 2. The summed E-state index contributed by atoms with van der Waals surface area (Å²) >= 11 is 0. The van der Waals surface area contributed by atoms with Crippen LogP contribution in [0.15, 0.2) is 41.4 Å². The molecule has 4 rings (SSSR count). The SMILES string of the molecule is FC1(F)CCCN(c2ccc(C(F)(F)F)nc2C2N=Cc3ccccc3N2)CC1. The average molecular weight is 410 g/mol. The van der Waals surface area contributed by atoms with Crippen molar-refractivity contribution in [1.29, 1.82) is 0 Å². The van der Waals surface area contributed by atoms with Gasteiger partial charge in [0.05, 0.1) is 5.69 Å². The molecule has 154 valence electrons. The van der Waals surface area contributed by atoms with Crippen molar-refractivity contribution in [2.24, 2.45) is 4.99 Å². The molecule has 29 heavy (non-hydrogen) atoms. The predicted octanol–water partition coefficient (Wildman–Crippen LogP) is 5.27. The number of hydrogen-bond acceptors (Lipinski definition) is 4. The lowest BCUT2D eigenvalue weighted by molar-refractivity contribution is -0.141. The van der Waals surface area contributed by atoms with E-state index in [2.05, 4.69) is 15.3 Å². The van der Waals surface area contributed by atoms with Gasteiger partial charge in [0.2, 0.25) is 5.92 Å². The third-order valence-electron chi connectivity index (χ3n) is 5.13. The van der Waals surface area contributed by atoms with Gasteiger partial charge in [0, 0.05) is 43.4 Å². The van der Waals surface area contributed by atoms with Crippen LogP contribution in [0, 0.1) is 0 Å². The molecule has 0 saturated carbocycles. The van der Waals surface area contributed by atoms with Gasteiger partial charge in [-0.1, -0.05) is 18.2 Å². The van der Waals surface area contributed by atoms with E-state index in [-0.39, 0.29) is 31.5 Å². The normalized spacial score (nSPS) is 21.3. The summed E-state index contributed by atoms with van der Waals surface area (Å²) in [5, 5.41) is 3.10. The van der Waals surface area contributed by atoms with E-state index < -0.39 is 24.0 Å². The summed E-state index contributed by atoms with van der Waals surface area (Å²) < 4.78 is 67.4. The molecular formula is C20H19F5N4. The molecule has 1 aromatic heterocycles. The van der Waals surface area contributed by atoms with Crippen LogP contribution in [0.4, 0.5) is 33.3 Å². The summed E-state index contributed by atoms with van der Waals surface area (Å²) in [6, 6.07) is 9.47. The Hall–Kier alpha value is -2.71. The number of halogens is 5. The monoisotopic (exact) mass is 410 g/mol. The highest BCUT2D eigenvalue weighted by atomic mass is 19.4. The zero-order valence-electron chi connectivity index (χ0n) is 15.4. The van der Waals surface area contributed by atoms with Crippen molar-refractivity contribution in [2.75, 3.05) is 23.3 Å². The maximum atomic E-state index is 13.8. The van der Waals surface area contributed by atoms with Crippen molar-refractivity contribution in [3.05, 3.63) is 53.3 Å². The average Bonchev–Trinajstić information content (AvgIpc) is 2.87. The molecule has 0 bridgehead atoms. The van der Waals surface area contributed by atoms with Crippen LogP contribution in [0.2, 0.25) is 0 Å². The van der Waals surface area contributed by atoms with E-state index in [4.69, 9.17) is 0 Å². The number of benzene rings is 1. The van der Waals surface area contributed by atoms with Gasteiger partial charge < -0.3 is 10.2 Å². The Labute approximate surface area is 164 Å². The van der Waals surface area contributed by atoms with Crippen LogP contribution in [0.3, 0.4) is 0 Å². The van der Waals surface area contributed by atoms with Gasteiger partial charge in [-0.25, -0.2) is 13.8 Å². The minimum atomic E-state index is -4.62. The van der Waals surface area contributed by atoms with Crippen molar-refractivity contribution in [2.45, 2.75) is 37.5 Å². The standard InChI is InChI=1S/C20H19F5N4/c21-19(22)8-3-10-29(11-9-19)15-6-7-16(20(23,24)25)28-17(15)18-26-12-13-4-1-2-5-14(13)27-18/h1-2,4-7,12,18,27H,3,8-11H2. The van der Waals surface area contributed by atoms with Crippen LogP contribution in [-0.2, 0) is 6.18 Å². The Kier molecular flexibility index (Phi) is 4.92. The van der Waals surface area contributed by atoms with Crippen molar-refractivity contribution < 1.29 is 22.0 Å². The Morgan fingerprint density at radius 3 is 2.62 bits per heavy atom. The third kappa shape index (κ3) is 4.18. The summed E-state index contributed by atoms with van der Waals surface area (Å²) in [7, 11) is 0. The smallest absolute Gasteiger partial charge is 0.370 e. The molecule has 2 aromatic rings. The molecule has 1 N–H and O–H groups in total. The maximum absolute atomic E-state index is 13.8. The van der Waals surface area contributed by atoms with E-state index in [9.17, 15) is 22.0 Å². The summed E-state index contributed by atoms with van der Waals surface area (Å²) in [5.74, 6) is -2.77. The minimum absolute atomic E-state index is 0.0417. The first-order valence-electron chi connectivity index (χ1n) is 9.33. The summed E-state index contributed by atoms with van der Waals surface area (Å²) in [5.41, 5.74) is 0.972. The molecule has 9 heteroatoms. The molecular weight excluding hydrogens is 391 g/mol. The van der Waals surface area contributed by atoms with Crippen LogP contribution in [0.1, 0.15) is 42.4 Å². The Morgan fingerprint density at radius 2 is 1.83 bits per heavy atom. The Balaban J connectivity index is 1.73. The molecule has 3 heterocycles. The number of aliphatic imine (C=N–C) groups is 1. The molecule has 1 saturated heterocycles. The number of rotatable bonds is 2. The van der Waals surface area contributed by atoms with E-state index in [0.717, 1.165) is 17.3 Å². The van der Waals surface area contributed by atoms with Gasteiger partial charge in [-0.3, -0.25) is 4.99 Å². The number of para-hydroxylation sites is 1. The molecule has 0 spiro atoms. The number of aromatic nitrogens is 1. The maximum Gasteiger partial charge on any atom is 0.433 e. The second kappa shape index (κ2) is 7.27. The van der Waals surface area contributed by atoms with Crippen molar-refractivity contribution in [3.63, 3.8) is 0 Å². The van der Waals surface area contributed by atoms with E-state index in [1.165, 1.54) is 6.07 Å². The van der Waals surface area contributed by atoms with E-state index >= 15 is 0 Å². The van der Waals surface area contributed by atoms with Crippen molar-refractivity contribution >= 4 is 17.6 Å². The minimum Gasteiger partial charge on any atom is -0.370 e. The van der Waals surface area contributed by atoms with Gasteiger partial charge in [0.1, 0.15) is 11.4 Å². The largest absolute Gasteiger partial charge is 0.433 e. The number of nitrogens with one attached hydrogen (secondary N) is 1. The van der Waals surface area contributed by atoms with Gasteiger partial charge in [-0.2, -0.15) is 13.2 Å². The predicted molar refractivity (Wildman–Crippen MR) is 101 cm³/mol. The van der Waals surface area contributed by atoms with Crippen LogP contribution in [-0.4, -0.2) is 30.2 Å². The first-order chi connectivity index (χ1) is 13.7. The van der Waals surface area contributed by atoms with E-state index in [0.29, 0.717) is 12.2 Å². The molecule has 0 aliphatic carbocycles. The first-order valence-corrected chi connectivity index (χ1v) is 9.33. The third-order valence-corrected chi connectivity index (χ3v) is 5.13. The second-order valence-corrected chi connectivity index (χ2v) is 7.21. The van der Waals surface area contributed by atoms with E-state index in [1.807, 2.05) is 12.1 Å². The zero-order valence-corrected chi connectivity index (χ0v) is 15.4. The molecule has 1 atom stereocenters. The molecule has 0 radical (unpaired) electrons. The highest BCUT2D eigenvalue weighted by molar-refractivity contribution is 5.89. The highest BCUT2D eigenvalue weighted by Crippen LogP contribution is 2.37. The topological polar surface area (TPSA) is 40.5 Å². The van der Waals surface area contributed by atoms with Gasteiger partial charge in [0.25, 0.3) is 0 Å². The summed E-state index contributed by atoms with van der Waals surface area (Å²) in [4.78, 5) is 9.86. The molecule has 1 unspecified atom stereocenters.